The van der Waals surface area contributed by atoms with Gasteiger partial charge in [0.15, 0.2) is 0 Å². The predicted octanol–water partition coefficient (Wildman–Crippen LogP) is 4.18. The van der Waals surface area contributed by atoms with Crippen LogP contribution in [-0.4, -0.2) is 77.6 Å². The normalized spacial score (nSPS) is 19.4. The van der Waals surface area contributed by atoms with E-state index in [1.165, 1.54) is 13.2 Å². The molecule has 0 aromatic heterocycles. The van der Waals surface area contributed by atoms with Crippen LogP contribution in [-0.2, 0) is 19.1 Å². The molecule has 2 unspecified atom stereocenters. The first kappa shape index (κ1) is 34.5. The molecule has 2 aliphatic heterocycles. The molecule has 5 N–H and O–H groups in total. The van der Waals surface area contributed by atoms with Gasteiger partial charge in [0.1, 0.15) is 28.6 Å². The van der Waals surface area contributed by atoms with E-state index in [2.05, 4.69) is 5.32 Å². The van der Waals surface area contributed by atoms with Crippen LogP contribution in [0.1, 0.15) is 97.7 Å². The Hall–Kier alpha value is -4.38. The van der Waals surface area contributed by atoms with Crippen LogP contribution in [0.25, 0.3) is 6.08 Å². The van der Waals surface area contributed by atoms with Crippen molar-refractivity contribution < 1.29 is 38.9 Å². The Morgan fingerprint density at radius 3 is 2.46 bits per heavy atom. The van der Waals surface area contributed by atoms with Gasteiger partial charge in [-0.2, -0.15) is 0 Å². The molecule has 46 heavy (non-hydrogen) atoms. The number of primary amides is 1. The lowest BCUT2D eigenvalue weighted by atomic mass is 9.84. The van der Waals surface area contributed by atoms with Crippen molar-refractivity contribution in [1.82, 2.24) is 10.2 Å². The summed E-state index contributed by atoms with van der Waals surface area (Å²) in [5.74, 6) is -2.22. The summed E-state index contributed by atoms with van der Waals surface area (Å²) in [5, 5.41) is 26.2. The number of allylic oxidation sites excluding steroid dienone is 1. The highest BCUT2D eigenvalue weighted by atomic mass is 16.5. The molecule has 248 valence electrons. The van der Waals surface area contributed by atoms with Crippen LogP contribution in [0.15, 0.2) is 36.4 Å². The molecular formula is C35H45N3O8. The second-order valence-corrected chi connectivity index (χ2v) is 12.2. The summed E-state index contributed by atoms with van der Waals surface area (Å²) in [7, 11) is 1.54. The fourth-order valence-electron chi connectivity index (χ4n) is 6.17. The van der Waals surface area contributed by atoms with E-state index in [1.54, 1.807) is 43.3 Å². The Bertz CT molecular complexity index is 1430. The summed E-state index contributed by atoms with van der Waals surface area (Å²) in [5.41, 5.74) is 6.17. The quantitative estimate of drug-likeness (QED) is 0.311. The Balaban J connectivity index is 1.68. The van der Waals surface area contributed by atoms with Crippen molar-refractivity contribution in [3.8, 4) is 17.2 Å². The van der Waals surface area contributed by atoms with Gasteiger partial charge in [-0.25, -0.2) is 4.79 Å². The maximum Gasteiger partial charge on any atom is 0.342 e. The van der Waals surface area contributed by atoms with Gasteiger partial charge in [-0.05, 0) is 74.8 Å². The highest BCUT2D eigenvalue weighted by molar-refractivity contribution is 5.98. The molecule has 0 bridgehead atoms. The second kappa shape index (κ2) is 16.3. The van der Waals surface area contributed by atoms with Crippen molar-refractivity contribution in [3.05, 3.63) is 58.7 Å². The highest BCUT2D eigenvalue weighted by Gasteiger charge is 2.32. The van der Waals surface area contributed by atoms with E-state index >= 15 is 0 Å². The summed E-state index contributed by atoms with van der Waals surface area (Å²) < 4.78 is 11.0. The molecule has 2 aromatic rings. The van der Waals surface area contributed by atoms with E-state index in [9.17, 15) is 29.4 Å². The minimum Gasteiger partial charge on any atom is -0.507 e. The second-order valence-electron chi connectivity index (χ2n) is 12.2. The number of hydrogen-bond acceptors (Lipinski definition) is 9. The number of methoxy groups -OCH3 is 1. The van der Waals surface area contributed by atoms with Crippen LogP contribution in [0.4, 0.5) is 0 Å². The van der Waals surface area contributed by atoms with Crippen LogP contribution >= 0.6 is 0 Å². The lowest BCUT2D eigenvalue weighted by Crippen LogP contribution is -2.46. The molecule has 0 aliphatic carbocycles. The summed E-state index contributed by atoms with van der Waals surface area (Å²) in [6.45, 7) is 3.15. The van der Waals surface area contributed by atoms with Gasteiger partial charge in [-0.15, -0.1) is 0 Å². The number of rotatable bonds is 8. The third-order valence-corrected chi connectivity index (χ3v) is 8.64. The number of nitrogens with one attached hydrogen (secondary N) is 1. The lowest BCUT2D eigenvalue weighted by Gasteiger charge is -2.32. The van der Waals surface area contributed by atoms with Crippen LogP contribution in [0.3, 0.4) is 0 Å². The number of fused-ring (bicyclic) bond motifs is 1. The molecular weight excluding hydrogens is 590 g/mol. The van der Waals surface area contributed by atoms with E-state index in [4.69, 9.17) is 15.2 Å². The molecule has 2 heterocycles. The molecule has 4 rings (SSSR count). The third-order valence-electron chi connectivity index (χ3n) is 8.64. The average Bonchev–Trinajstić information content (AvgIpc) is 3.00. The molecule has 2 aromatic carbocycles. The first-order valence-electron chi connectivity index (χ1n) is 16.0. The number of carbonyl (C=O) groups excluding carboxylic acids is 4. The number of hydrogen-bond donors (Lipinski definition) is 4. The minimum atomic E-state index is -0.820. The standard InChI is InChI=1S/C35H45N3O8/c1-22-7-6-10-26(39)9-5-3-4-8-24-19-29(40)33(34(43)32(24)35(44)46-22)28(23-11-13-27(45-2)14-12-23)20-31(42)37-25-15-17-38(18-16-25)21-30(36)41/h4,8,11-14,19,22,25,28,40,43H,3,5-7,9-10,15-18,20-21H2,1-2H3,(H2,36,41)(H,37,42). The third kappa shape index (κ3) is 9.32. The van der Waals surface area contributed by atoms with Crippen molar-refractivity contribution >= 4 is 29.6 Å². The number of benzene rings is 2. The number of piperidine rings is 1. The van der Waals surface area contributed by atoms with Gasteiger partial charge in [-0.3, -0.25) is 19.3 Å². The topological polar surface area (TPSA) is 168 Å². The zero-order valence-corrected chi connectivity index (χ0v) is 26.6. The van der Waals surface area contributed by atoms with Crippen molar-refractivity contribution in [3.63, 3.8) is 0 Å². The monoisotopic (exact) mass is 635 g/mol. The van der Waals surface area contributed by atoms with E-state index in [-0.39, 0.29) is 53.1 Å². The van der Waals surface area contributed by atoms with Gasteiger partial charge >= 0.3 is 5.97 Å². The van der Waals surface area contributed by atoms with Gasteiger partial charge in [0, 0.05) is 49.9 Å². The first-order chi connectivity index (χ1) is 22.0. The molecule has 0 saturated carbocycles. The number of aromatic hydroxyl groups is 2. The maximum absolute atomic E-state index is 13.6. The molecule has 1 saturated heterocycles. The zero-order valence-electron chi connectivity index (χ0n) is 26.6. The number of phenolic OH excluding ortho intramolecular Hbond substituents is 2. The van der Waals surface area contributed by atoms with Gasteiger partial charge in [-0.1, -0.05) is 24.3 Å². The number of esters is 1. The highest BCUT2D eigenvalue weighted by Crippen LogP contribution is 2.44. The molecule has 1 fully saturated rings. The number of nitrogens with two attached hydrogens (primary N) is 1. The Kier molecular flexibility index (Phi) is 12.2. The van der Waals surface area contributed by atoms with Crippen LogP contribution in [0.2, 0.25) is 0 Å². The number of amides is 2. The average molecular weight is 636 g/mol. The predicted molar refractivity (Wildman–Crippen MR) is 173 cm³/mol. The molecule has 0 radical (unpaired) electrons. The summed E-state index contributed by atoms with van der Waals surface area (Å²) in [6.07, 6.45) is 7.29. The van der Waals surface area contributed by atoms with E-state index in [1.807, 2.05) is 4.90 Å². The Morgan fingerprint density at radius 1 is 1.09 bits per heavy atom. The van der Waals surface area contributed by atoms with Gasteiger partial charge < -0.3 is 30.7 Å². The molecule has 2 atom stereocenters. The number of Topliss-reactive ketones (excluding diaryl/α,β-unsaturated/α-hetero) is 1. The number of ketones is 1. The fraction of sp³-hybridized carbons (Fsp3) is 0.486. The molecule has 11 nitrogen and oxygen atoms in total. The first-order valence-corrected chi connectivity index (χ1v) is 16.0. The number of likely N-dealkylation sites (tertiary alicyclic amines) is 1. The molecule has 0 spiro atoms. The smallest absolute Gasteiger partial charge is 0.342 e. The van der Waals surface area contributed by atoms with Gasteiger partial charge in [0.05, 0.1) is 19.8 Å². The largest absolute Gasteiger partial charge is 0.507 e. The van der Waals surface area contributed by atoms with Gasteiger partial charge in [0.25, 0.3) is 0 Å². The number of ether oxygens (including phenoxy) is 2. The summed E-state index contributed by atoms with van der Waals surface area (Å²) >= 11 is 0. The molecule has 11 heteroatoms. The maximum atomic E-state index is 13.6. The van der Waals surface area contributed by atoms with Crippen LogP contribution in [0, 0.1) is 0 Å². The summed E-state index contributed by atoms with van der Waals surface area (Å²) in [4.78, 5) is 52.4. The van der Waals surface area contributed by atoms with Crippen molar-refractivity contribution in [2.45, 2.75) is 82.8 Å². The van der Waals surface area contributed by atoms with E-state index in [0.717, 1.165) is 0 Å². The van der Waals surface area contributed by atoms with Crippen molar-refractivity contribution in [2.75, 3.05) is 26.7 Å². The van der Waals surface area contributed by atoms with Crippen LogP contribution in [0.5, 0.6) is 17.2 Å². The SMILES string of the molecule is COc1ccc(C(CC(=O)NC2CCN(CC(N)=O)CC2)c2c(O)cc3c(c2O)C(=O)OC(C)CCCC(=O)CCCC=C3)cc1. The Morgan fingerprint density at radius 2 is 1.78 bits per heavy atom. The van der Waals surface area contributed by atoms with E-state index < -0.39 is 29.6 Å². The van der Waals surface area contributed by atoms with Crippen molar-refractivity contribution in [2.24, 2.45) is 5.73 Å². The van der Waals surface area contributed by atoms with Crippen LogP contribution < -0.4 is 15.8 Å². The number of cyclic esters (lactones) is 1. The minimum absolute atomic E-state index is 0.0417. The fourth-order valence-corrected chi connectivity index (χ4v) is 6.17. The number of phenols is 2. The Labute approximate surface area is 269 Å². The number of nitrogens with zero attached hydrogens (tertiary/aromatic N) is 1. The lowest BCUT2D eigenvalue weighted by molar-refractivity contribution is -0.123. The zero-order chi connectivity index (χ0) is 33.2. The summed E-state index contributed by atoms with van der Waals surface area (Å²) in [6, 6.07) is 8.26. The van der Waals surface area contributed by atoms with E-state index in [0.29, 0.717) is 75.8 Å². The van der Waals surface area contributed by atoms with Gasteiger partial charge in [0.2, 0.25) is 11.8 Å². The molecule has 2 aliphatic rings. The number of carbonyl (C=O) groups is 4. The van der Waals surface area contributed by atoms with Crippen molar-refractivity contribution in [1.29, 1.82) is 0 Å². The molecule has 2 amide bonds.